The maximum Gasteiger partial charge on any atom is 0.229 e. The molecule has 5 heterocycles. The Kier molecular flexibility index (Phi) is 5.73. The van der Waals surface area contributed by atoms with Gasteiger partial charge in [-0.2, -0.15) is 9.67 Å². The molecule has 3 aliphatic rings. The van der Waals surface area contributed by atoms with E-state index in [0.717, 1.165) is 25.6 Å². The molecular formula is C24H30FN9O3. The summed E-state index contributed by atoms with van der Waals surface area (Å²) in [6, 6.07) is 5.75. The normalized spacial score (nSPS) is 23.5. The van der Waals surface area contributed by atoms with Crippen molar-refractivity contribution in [3.05, 3.63) is 36.0 Å². The van der Waals surface area contributed by atoms with Gasteiger partial charge >= 0.3 is 0 Å². The number of hydrogen-bond donors (Lipinski definition) is 4. The molecule has 6 rings (SSSR count). The number of aliphatic hydroxyl groups excluding tert-OH is 2. The first-order valence-corrected chi connectivity index (χ1v) is 12.5. The van der Waals surface area contributed by atoms with E-state index < -0.39 is 24.6 Å². The second-order valence-corrected chi connectivity index (χ2v) is 10.6. The van der Waals surface area contributed by atoms with Crippen LogP contribution in [0.25, 0.3) is 5.69 Å². The Morgan fingerprint density at radius 2 is 2.08 bits per heavy atom. The van der Waals surface area contributed by atoms with Crippen molar-refractivity contribution in [2.75, 3.05) is 30.4 Å². The third-order valence-electron chi connectivity index (χ3n) is 7.68. The van der Waals surface area contributed by atoms with Crippen LogP contribution in [-0.2, 0) is 5.60 Å². The van der Waals surface area contributed by atoms with Crippen LogP contribution in [0.15, 0.2) is 24.4 Å². The van der Waals surface area contributed by atoms with Crippen LogP contribution in [0, 0.1) is 5.82 Å². The van der Waals surface area contributed by atoms with Gasteiger partial charge < -0.3 is 25.6 Å². The van der Waals surface area contributed by atoms with Crippen molar-refractivity contribution in [2.24, 2.45) is 0 Å². The zero-order chi connectivity index (χ0) is 25.8. The van der Waals surface area contributed by atoms with Crippen LogP contribution in [0.1, 0.15) is 45.4 Å². The number of piperidine rings is 1. The second-order valence-electron chi connectivity index (χ2n) is 10.6. The summed E-state index contributed by atoms with van der Waals surface area (Å²) in [7, 11) is 0. The van der Waals surface area contributed by atoms with Gasteiger partial charge in [-0.05, 0) is 74.7 Å². The van der Waals surface area contributed by atoms with Gasteiger partial charge in [-0.15, -0.1) is 5.10 Å². The summed E-state index contributed by atoms with van der Waals surface area (Å²) in [6.45, 7) is 4.63. The maximum absolute atomic E-state index is 14.7. The SMILES string of the molecule is CC1(C)C[C@H](Nc2nc(Nc3ccc4c(c3)-n3nnnc3C(CO)(CO)O4)ncc2F)C[C@@H]2CCCN21. The van der Waals surface area contributed by atoms with Crippen molar-refractivity contribution >= 4 is 17.5 Å². The van der Waals surface area contributed by atoms with Gasteiger partial charge in [0.2, 0.25) is 17.4 Å². The summed E-state index contributed by atoms with van der Waals surface area (Å²) in [6.07, 6.45) is 5.39. The lowest BCUT2D eigenvalue weighted by molar-refractivity contribution is -0.0517. The third-order valence-corrected chi connectivity index (χ3v) is 7.68. The van der Waals surface area contributed by atoms with E-state index in [1.165, 1.54) is 17.5 Å². The van der Waals surface area contributed by atoms with Crippen molar-refractivity contribution in [2.45, 2.75) is 62.8 Å². The molecule has 0 unspecified atom stereocenters. The zero-order valence-electron chi connectivity index (χ0n) is 20.7. The minimum absolute atomic E-state index is 0.0472. The van der Waals surface area contributed by atoms with Crippen LogP contribution in [0.4, 0.5) is 21.8 Å². The standard InChI is InChI=1S/C24H30FN9O3/c1-23(2)10-15(8-16-4-3-7-33(16)23)27-20-17(25)11-26-22(29-20)28-14-5-6-19-18(9-14)34-21(30-31-32-34)24(12-35,13-36)37-19/h5-6,9,11,15-16,35-36H,3-4,7-8,10,12-13H2,1-2H3,(H2,26,27,28,29)/t15-,16+/m1/s1. The van der Waals surface area contributed by atoms with Crippen LogP contribution in [0.3, 0.4) is 0 Å². The summed E-state index contributed by atoms with van der Waals surface area (Å²) >= 11 is 0. The maximum atomic E-state index is 14.7. The smallest absolute Gasteiger partial charge is 0.229 e. The van der Waals surface area contributed by atoms with Gasteiger partial charge in [0.05, 0.1) is 19.4 Å². The van der Waals surface area contributed by atoms with E-state index in [9.17, 15) is 14.6 Å². The molecule has 37 heavy (non-hydrogen) atoms. The number of hydrogen-bond acceptors (Lipinski definition) is 11. The highest BCUT2D eigenvalue weighted by Gasteiger charge is 2.45. The van der Waals surface area contributed by atoms with Gasteiger partial charge in [-0.1, -0.05) is 0 Å². The quantitative estimate of drug-likeness (QED) is 0.384. The molecule has 0 amide bonds. The van der Waals surface area contributed by atoms with E-state index in [2.05, 4.69) is 54.9 Å². The molecule has 0 radical (unpaired) electrons. The number of halogens is 1. The fourth-order valence-corrected chi connectivity index (χ4v) is 5.96. The summed E-state index contributed by atoms with van der Waals surface area (Å²) in [5.74, 6) is 0.470. The van der Waals surface area contributed by atoms with Crippen LogP contribution in [0.5, 0.6) is 5.75 Å². The molecule has 4 N–H and O–H groups in total. The van der Waals surface area contributed by atoms with Crippen LogP contribution < -0.4 is 15.4 Å². The topological polar surface area (TPSA) is 146 Å². The number of benzene rings is 1. The molecule has 12 nitrogen and oxygen atoms in total. The third kappa shape index (κ3) is 4.06. The number of tetrazole rings is 1. The van der Waals surface area contributed by atoms with Gasteiger partial charge in [0.25, 0.3) is 0 Å². The van der Waals surface area contributed by atoms with Crippen LogP contribution in [-0.4, -0.2) is 82.7 Å². The Balaban J connectivity index is 1.23. The molecule has 13 heteroatoms. The predicted molar refractivity (Wildman–Crippen MR) is 131 cm³/mol. The molecule has 3 aliphatic heterocycles. The predicted octanol–water partition coefficient (Wildman–Crippen LogP) is 1.72. The highest BCUT2D eigenvalue weighted by atomic mass is 19.1. The lowest BCUT2D eigenvalue weighted by Gasteiger charge is -2.47. The number of ether oxygens (including phenoxy) is 1. The number of fused-ring (bicyclic) bond motifs is 4. The monoisotopic (exact) mass is 511 g/mol. The van der Waals surface area contributed by atoms with Crippen LogP contribution >= 0.6 is 0 Å². The summed E-state index contributed by atoms with van der Waals surface area (Å²) in [5, 5.41) is 37.8. The van der Waals surface area contributed by atoms with Gasteiger partial charge in [-0.3, -0.25) is 4.90 Å². The minimum Gasteiger partial charge on any atom is -0.472 e. The molecular weight excluding hydrogens is 481 g/mol. The molecule has 0 saturated carbocycles. The summed E-state index contributed by atoms with van der Waals surface area (Å²) in [4.78, 5) is 11.1. The molecule has 0 aliphatic carbocycles. The van der Waals surface area contributed by atoms with E-state index >= 15 is 0 Å². The van der Waals surface area contributed by atoms with Crippen molar-refractivity contribution in [3.63, 3.8) is 0 Å². The number of aliphatic hydroxyl groups is 2. The first kappa shape index (κ1) is 23.9. The fourth-order valence-electron chi connectivity index (χ4n) is 5.96. The van der Waals surface area contributed by atoms with Crippen molar-refractivity contribution < 1.29 is 19.3 Å². The average molecular weight is 512 g/mol. The number of rotatable bonds is 6. The highest BCUT2D eigenvalue weighted by Crippen LogP contribution is 2.40. The van der Waals surface area contributed by atoms with Crippen molar-refractivity contribution in [1.29, 1.82) is 0 Å². The van der Waals surface area contributed by atoms with Gasteiger partial charge in [-0.25, -0.2) is 9.37 Å². The Morgan fingerprint density at radius 1 is 1.24 bits per heavy atom. The molecule has 2 fully saturated rings. The molecule has 0 spiro atoms. The van der Waals surface area contributed by atoms with E-state index in [1.54, 1.807) is 18.2 Å². The number of aromatic nitrogens is 6. The molecule has 2 saturated heterocycles. The van der Waals surface area contributed by atoms with Gasteiger partial charge in [0.1, 0.15) is 11.4 Å². The van der Waals surface area contributed by atoms with Crippen molar-refractivity contribution in [3.8, 4) is 11.4 Å². The molecule has 1 aromatic carbocycles. The fraction of sp³-hybridized carbons (Fsp3) is 0.542. The molecule has 2 atom stereocenters. The highest BCUT2D eigenvalue weighted by molar-refractivity contribution is 5.63. The molecule has 0 bridgehead atoms. The number of anilines is 3. The lowest BCUT2D eigenvalue weighted by Crippen LogP contribution is -2.55. The Morgan fingerprint density at radius 3 is 2.89 bits per heavy atom. The Labute approximate surface area is 212 Å². The van der Waals surface area contributed by atoms with Crippen molar-refractivity contribution in [1.82, 2.24) is 35.1 Å². The average Bonchev–Trinajstić information content (AvgIpc) is 3.56. The van der Waals surface area contributed by atoms with E-state index in [-0.39, 0.29) is 29.2 Å². The minimum atomic E-state index is -1.45. The summed E-state index contributed by atoms with van der Waals surface area (Å²) < 4.78 is 22.0. The number of nitrogens with zero attached hydrogens (tertiary/aromatic N) is 7. The molecule has 196 valence electrons. The number of nitrogens with one attached hydrogen (secondary N) is 2. The second kappa shape index (κ2) is 8.85. The molecule has 3 aromatic rings. The largest absolute Gasteiger partial charge is 0.472 e. The first-order chi connectivity index (χ1) is 17.8. The zero-order valence-corrected chi connectivity index (χ0v) is 20.7. The summed E-state index contributed by atoms with van der Waals surface area (Å²) in [5.41, 5.74) is -0.295. The van der Waals surface area contributed by atoms with Gasteiger partial charge in [0, 0.05) is 23.3 Å². The van der Waals surface area contributed by atoms with Crippen LogP contribution in [0.2, 0.25) is 0 Å². The van der Waals surface area contributed by atoms with E-state index in [1.807, 2.05) is 0 Å². The first-order valence-electron chi connectivity index (χ1n) is 12.5. The van der Waals surface area contributed by atoms with E-state index in [4.69, 9.17) is 4.74 Å². The van der Waals surface area contributed by atoms with Gasteiger partial charge in [0.15, 0.2) is 11.6 Å². The Hall–Kier alpha value is -3.42. The molecule has 2 aromatic heterocycles. The Bertz CT molecular complexity index is 1310. The lowest BCUT2D eigenvalue weighted by atomic mass is 9.84. The van der Waals surface area contributed by atoms with E-state index in [0.29, 0.717) is 23.2 Å².